The first-order valence-electron chi connectivity index (χ1n) is 4.40. The average Bonchev–Trinajstić information content (AvgIpc) is 2.13. The van der Waals surface area contributed by atoms with Crippen LogP contribution in [0.4, 0.5) is 0 Å². The monoisotopic (exact) mass is 204 g/mol. The molecule has 2 atom stereocenters. The van der Waals surface area contributed by atoms with Crippen molar-refractivity contribution in [3.63, 3.8) is 0 Å². The van der Waals surface area contributed by atoms with E-state index in [0.29, 0.717) is 6.42 Å². The van der Waals surface area contributed by atoms with Crippen molar-refractivity contribution in [2.45, 2.75) is 31.9 Å². The number of nitrogens with two attached hydrogens (primary N) is 1. The number of amides is 1. The highest BCUT2D eigenvalue weighted by molar-refractivity contribution is 5.78. The highest BCUT2D eigenvalue weighted by Gasteiger charge is 2.14. The number of hydrogen-bond acceptors (Lipinski definition) is 4. The molecule has 6 heteroatoms. The molecule has 0 aromatic carbocycles. The van der Waals surface area contributed by atoms with Crippen molar-refractivity contribution in [1.29, 1.82) is 0 Å². The normalized spacial score (nSPS) is 14.5. The Morgan fingerprint density at radius 3 is 2.50 bits per heavy atom. The van der Waals surface area contributed by atoms with Crippen LogP contribution in [0.1, 0.15) is 19.8 Å². The van der Waals surface area contributed by atoms with Crippen molar-refractivity contribution in [2.24, 2.45) is 5.73 Å². The minimum absolute atomic E-state index is 0.142. The second kappa shape index (κ2) is 6.33. The summed E-state index contributed by atoms with van der Waals surface area (Å²) in [7, 11) is 0. The molecule has 0 spiro atoms. The van der Waals surface area contributed by atoms with E-state index in [9.17, 15) is 9.59 Å². The summed E-state index contributed by atoms with van der Waals surface area (Å²) >= 11 is 0. The third-order valence-corrected chi connectivity index (χ3v) is 1.75. The molecule has 0 saturated heterocycles. The first-order valence-corrected chi connectivity index (χ1v) is 4.40. The Balaban J connectivity index is 3.69. The van der Waals surface area contributed by atoms with Gasteiger partial charge < -0.3 is 21.3 Å². The molecule has 0 radical (unpaired) electrons. The number of hydrogen-bond donors (Lipinski definition) is 4. The van der Waals surface area contributed by atoms with Gasteiger partial charge in [0.2, 0.25) is 5.91 Å². The standard InChI is InChI=1S/C8H16N2O4/c1-2-5(9)3-7(12)10-4-6(11)8(13)14/h5-6,11H,2-4,9H2,1H3,(H,10,12)(H,13,14)/t5?,6-/m0/s1. The third kappa shape index (κ3) is 5.50. The average molecular weight is 204 g/mol. The summed E-state index contributed by atoms with van der Waals surface area (Å²) in [6.07, 6.45) is -0.741. The fourth-order valence-corrected chi connectivity index (χ4v) is 0.752. The van der Waals surface area contributed by atoms with Crippen LogP contribution in [-0.4, -0.2) is 40.8 Å². The van der Waals surface area contributed by atoms with Crippen LogP contribution in [0.3, 0.4) is 0 Å². The van der Waals surface area contributed by atoms with Crippen molar-refractivity contribution < 1.29 is 19.8 Å². The van der Waals surface area contributed by atoms with Crippen molar-refractivity contribution in [3.05, 3.63) is 0 Å². The van der Waals surface area contributed by atoms with Crippen molar-refractivity contribution >= 4 is 11.9 Å². The predicted molar refractivity (Wildman–Crippen MR) is 49.5 cm³/mol. The smallest absolute Gasteiger partial charge is 0.334 e. The topological polar surface area (TPSA) is 113 Å². The number of carbonyl (C=O) groups excluding carboxylic acids is 1. The molecule has 0 bridgehead atoms. The van der Waals surface area contributed by atoms with Gasteiger partial charge in [0, 0.05) is 12.5 Å². The minimum atomic E-state index is -1.56. The molecular formula is C8H16N2O4. The van der Waals surface area contributed by atoms with Gasteiger partial charge in [-0.25, -0.2) is 4.79 Å². The zero-order chi connectivity index (χ0) is 11.1. The highest BCUT2D eigenvalue weighted by Crippen LogP contribution is 1.92. The molecule has 14 heavy (non-hydrogen) atoms. The largest absolute Gasteiger partial charge is 0.479 e. The molecule has 0 heterocycles. The fourth-order valence-electron chi connectivity index (χ4n) is 0.752. The molecule has 6 nitrogen and oxygen atoms in total. The second-order valence-electron chi connectivity index (χ2n) is 3.03. The Hall–Kier alpha value is -1.14. The molecule has 5 N–H and O–H groups in total. The Kier molecular flexibility index (Phi) is 5.82. The maximum Gasteiger partial charge on any atom is 0.334 e. The summed E-state index contributed by atoms with van der Waals surface area (Å²) in [4.78, 5) is 21.2. The van der Waals surface area contributed by atoms with Crippen LogP contribution in [0.5, 0.6) is 0 Å². The van der Waals surface area contributed by atoms with Gasteiger partial charge in [-0.05, 0) is 6.42 Å². The van der Waals surface area contributed by atoms with Crippen molar-refractivity contribution in [1.82, 2.24) is 5.32 Å². The van der Waals surface area contributed by atoms with E-state index in [1.165, 1.54) is 0 Å². The highest BCUT2D eigenvalue weighted by atomic mass is 16.4. The van der Waals surface area contributed by atoms with E-state index >= 15 is 0 Å². The molecular weight excluding hydrogens is 188 g/mol. The maximum atomic E-state index is 11.0. The van der Waals surface area contributed by atoms with Gasteiger partial charge in [-0.15, -0.1) is 0 Å². The molecule has 82 valence electrons. The Labute approximate surface area is 82.1 Å². The van der Waals surface area contributed by atoms with E-state index in [2.05, 4.69) is 5.32 Å². The quantitative estimate of drug-likeness (QED) is 0.428. The van der Waals surface area contributed by atoms with Crippen molar-refractivity contribution in [3.8, 4) is 0 Å². The number of carboxylic acids is 1. The number of aliphatic hydroxyl groups is 1. The number of carbonyl (C=O) groups is 2. The van der Waals surface area contributed by atoms with Gasteiger partial charge in [0.25, 0.3) is 0 Å². The predicted octanol–water partition coefficient (Wildman–Crippen LogP) is -1.32. The van der Waals surface area contributed by atoms with E-state index in [4.69, 9.17) is 15.9 Å². The van der Waals surface area contributed by atoms with Gasteiger partial charge in [0.1, 0.15) is 0 Å². The molecule has 1 unspecified atom stereocenters. The van der Waals surface area contributed by atoms with Gasteiger partial charge in [-0.3, -0.25) is 4.79 Å². The summed E-state index contributed by atoms with van der Waals surface area (Å²) in [6.45, 7) is 1.56. The van der Waals surface area contributed by atoms with Crippen LogP contribution in [-0.2, 0) is 9.59 Å². The molecule has 0 rings (SSSR count). The van der Waals surface area contributed by atoms with Crippen molar-refractivity contribution in [2.75, 3.05) is 6.54 Å². The lowest BCUT2D eigenvalue weighted by atomic mass is 10.1. The van der Waals surface area contributed by atoms with Crippen LogP contribution in [0.15, 0.2) is 0 Å². The minimum Gasteiger partial charge on any atom is -0.479 e. The first-order chi connectivity index (χ1) is 6.47. The number of rotatable bonds is 6. The van der Waals surface area contributed by atoms with Gasteiger partial charge in [0.15, 0.2) is 6.10 Å². The lowest BCUT2D eigenvalue weighted by Crippen LogP contribution is -2.38. The lowest BCUT2D eigenvalue weighted by Gasteiger charge is -2.10. The maximum absolute atomic E-state index is 11.0. The van der Waals surface area contributed by atoms with E-state index in [1.807, 2.05) is 6.92 Å². The molecule has 1 amide bonds. The van der Waals surface area contributed by atoms with E-state index in [-0.39, 0.29) is 24.9 Å². The van der Waals surface area contributed by atoms with E-state index in [0.717, 1.165) is 0 Å². The summed E-state index contributed by atoms with van der Waals surface area (Å²) in [5.74, 6) is -1.70. The number of nitrogens with one attached hydrogen (secondary N) is 1. The van der Waals surface area contributed by atoms with Crippen LogP contribution >= 0.6 is 0 Å². The SMILES string of the molecule is CCC(N)CC(=O)NC[C@H](O)C(=O)O. The zero-order valence-electron chi connectivity index (χ0n) is 8.06. The van der Waals surface area contributed by atoms with Gasteiger partial charge in [-0.2, -0.15) is 0 Å². The fraction of sp³-hybridized carbons (Fsp3) is 0.750. The van der Waals surface area contributed by atoms with Crippen LogP contribution in [0.25, 0.3) is 0 Å². The Bertz CT molecular complexity index is 208. The second-order valence-corrected chi connectivity index (χ2v) is 3.03. The van der Waals surface area contributed by atoms with Gasteiger partial charge >= 0.3 is 5.97 Å². The summed E-state index contributed by atoms with van der Waals surface area (Å²) in [5, 5.41) is 19.4. The summed E-state index contributed by atoms with van der Waals surface area (Å²) < 4.78 is 0. The molecule has 0 aromatic heterocycles. The lowest BCUT2D eigenvalue weighted by molar-refractivity contribution is -0.146. The molecule has 0 aromatic rings. The number of aliphatic carboxylic acids is 1. The van der Waals surface area contributed by atoms with Gasteiger partial charge in [-0.1, -0.05) is 6.92 Å². The van der Waals surface area contributed by atoms with Crippen LogP contribution in [0.2, 0.25) is 0 Å². The zero-order valence-corrected chi connectivity index (χ0v) is 8.06. The van der Waals surface area contributed by atoms with E-state index < -0.39 is 12.1 Å². The van der Waals surface area contributed by atoms with Crippen LogP contribution in [0, 0.1) is 0 Å². The van der Waals surface area contributed by atoms with E-state index in [1.54, 1.807) is 0 Å². The molecule has 0 aliphatic carbocycles. The summed E-state index contributed by atoms with van der Waals surface area (Å²) in [5.41, 5.74) is 5.50. The Morgan fingerprint density at radius 1 is 1.50 bits per heavy atom. The number of carboxylic acid groups (broad SMARTS) is 1. The first kappa shape index (κ1) is 12.9. The summed E-state index contributed by atoms with van der Waals surface area (Å²) in [6, 6.07) is -0.225. The molecule has 0 aliphatic rings. The number of aliphatic hydroxyl groups excluding tert-OH is 1. The molecule has 0 aliphatic heterocycles. The molecule has 0 fully saturated rings. The molecule has 0 saturated carbocycles. The van der Waals surface area contributed by atoms with Crippen LogP contribution < -0.4 is 11.1 Å². The van der Waals surface area contributed by atoms with Gasteiger partial charge in [0.05, 0.1) is 6.54 Å². The Morgan fingerprint density at radius 2 is 2.07 bits per heavy atom. The third-order valence-electron chi connectivity index (χ3n) is 1.75.